The predicted molar refractivity (Wildman–Crippen MR) is 116 cm³/mol. The summed E-state index contributed by atoms with van der Waals surface area (Å²) in [6, 6.07) is 14.8. The Morgan fingerprint density at radius 1 is 1.03 bits per heavy atom. The molecular weight excluding hydrogens is 398 g/mol. The van der Waals surface area contributed by atoms with Crippen LogP contribution in [0.1, 0.15) is 43.1 Å². The van der Waals surface area contributed by atoms with E-state index in [2.05, 4.69) is 58.5 Å². The molecule has 0 atom stereocenters. The summed E-state index contributed by atoms with van der Waals surface area (Å²) in [6.07, 6.45) is 0.393. The number of rotatable bonds is 5. The molecule has 0 radical (unpaired) electrons. The summed E-state index contributed by atoms with van der Waals surface area (Å²) >= 11 is 1.60. The number of thiazole rings is 1. The Kier molecular flexibility index (Phi) is 5.39. The van der Waals surface area contributed by atoms with E-state index in [0.717, 1.165) is 20.8 Å². The number of esters is 1. The summed E-state index contributed by atoms with van der Waals surface area (Å²) in [5, 5.41) is 8.89. The second-order valence-electron chi connectivity index (χ2n) is 8.19. The van der Waals surface area contributed by atoms with Crippen molar-refractivity contribution in [2.24, 2.45) is 0 Å². The molecule has 0 aliphatic heterocycles. The predicted octanol–water partition coefficient (Wildman–Crippen LogP) is 5.13. The molecule has 154 valence electrons. The van der Waals surface area contributed by atoms with E-state index in [1.807, 2.05) is 26.8 Å². The number of carbonyl (C=O) groups excluding carboxylic acids is 1. The molecule has 2 heterocycles. The zero-order chi connectivity index (χ0) is 21.3. The minimum atomic E-state index is -0.543. The van der Waals surface area contributed by atoms with Gasteiger partial charge in [0.25, 0.3) is 0 Å². The van der Waals surface area contributed by atoms with Crippen LogP contribution in [0.2, 0.25) is 0 Å². The lowest BCUT2D eigenvalue weighted by molar-refractivity contribution is -0.154. The number of carbonyl (C=O) groups is 1. The van der Waals surface area contributed by atoms with Gasteiger partial charge in [0.1, 0.15) is 17.0 Å². The molecule has 30 heavy (non-hydrogen) atoms. The molecule has 0 unspecified atom stereocenters. The van der Waals surface area contributed by atoms with E-state index >= 15 is 0 Å². The third-order valence-corrected chi connectivity index (χ3v) is 5.36. The molecule has 2 aromatic heterocycles. The maximum atomic E-state index is 11.9. The molecule has 0 amide bonds. The summed E-state index contributed by atoms with van der Waals surface area (Å²) in [4.78, 5) is 16.6. The fourth-order valence-corrected chi connectivity index (χ4v) is 4.03. The van der Waals surface area contributed by atoms with Crippen LogP contribution in [0, 0.1) is 6.92 Å². The number of hydrogen-bond donors (Lipinski definition) is 0. The minimum Gasteiger partial charge on any atom is -0.460 e. The van der Waals surface area contributed by atoms with Gasteiger partial charge < -0.3 is 9.15 Å². The summed E-state index contributed by atoms with van der Waals surface area (Å²) in [5.41, 5.74) is 3.99. The molecule has 2 aromatic carbocycles. The van der Waals surface area contributed by atoms with Crippen molar-refractivity contribution in [3.8, 4) is 11.1 Å². The summed E-state index contributed by atoms with van der Waals surface area (Å²) in [5.74, 6) is 0.301. The van der Waals surface area contributed by atoms with Gasteiger partial charge in [-0.05, 0) is 51.0 Å². The largest absolute Gasteiger partial charge is 0.460 e. The van der Waals surface area contributed by atoms with Crippen LogP contribution in [-0.4, -0.2) is 26.8 Å². The molecule has 0 aliphatic rings. The molecular formula is C23H23N3O3S. The zero-order valence-electron chi connectivity index (χ0n) is 17.4. The van der Waals surface area contributed by atoms with Gasteiger partial charge in [-0.2, -0.15) is 0 Å². The number of aryl methyl sites for hydroxylation is 1. The molecule has 0 saturated heterocycles. The van der Waals surface area contributed by atoms with E-state index < -0.39 is 5.60 Å². The lowest BCUT2D eigenvalue weighted by atomic mass is 10.0. The van der Waals surface area contributed by atoms with E-state index in [1.165, 1.54) is 11.1 Å². The number of ether oxygens (including phenoxy) is 1. The first-order chi connectivity index (χ1) is 14.2. The van der Waals surface area contributed by atoms with E-state index in [4.69, 9.17) is 9.15 Å². The highest BCUT2D eigenvalue weighted by Gasteiger charge is 2.19. The van der Waals surface area contributed by atoms with Gasteiger partial charge in [0.15, 0.2) is 0 Å². The zero-order valence-corrected chi connectivity index (χ0v) is 18.2. The number of fused-ring (bicyclic) bond motifs is 1. The van der Waals surface area contributed by atoms with Crippen molar-refractivity contribution in [2.45, 2.75) is 46.1 Å². The fourth-order valence-electron chi connectivity index (χ4n) is 3.04. The van der Waals surface area contributed by atoms with Crippen LogP contribution in [0.5, 0.6) is 0 Å². The number of nitrogens with zero attached hydrogens (tertiary/aromatic N) is 3. The van der Waals surface area contributed by atoms with Crippen LogP contribution in [-0.2, 0) is 22.4 Å². The van der Waals surface area contributed by atoms with E-state index in [-0.39, 0.29) is 18.3 Å². The first kappa shape index (κ1) is 20.2. The fraction of sp³-hybridized carbons (Fsp3) is 0.304. The Hall–Kier alpha value is -3.06. The molecule has 0 N–H and O–H groups in total. The monoisotopic (exact) mass is 421 g/mol. The minimum absolute atomic E-state index is 0.0377. The highest BCUT2D eigenvalue weighted by Crippen LogP contribution is 2.29. The standard InChI is InChI=1S/C23H23N3O3S/c1-14-5-7-15(8-6-14)16-9-10-17-18(11-16)30-21(24-17)12-19-25-26-20(28-19)13-22(27)29-23(2,3)4/h5-11H,12-13H2,1-4H3. The van der Waals surface area contributed by atoms with Gasteiger partial charge in [-0.25, -0.2) is 4.98 Å². The Morgan fingerprint density at radius 2 is 1.73 bits per heavy atom. The second kappa shape index (κ2) is 7.99. The summed E-state index contributed by atoms with van der Waals surface area (Å²) in [6.45, 7) is 7.55. The van der Waals surface area contributed by atoms with Crippen molar-refractivity contribution in [3.63, 3.8) is 0 Å². The van der Waals surface area contributed by atoms with Gasteiger partial charge in [0, 0.05) is 0 Å². The number of aromatic nitrogens is 3. The van der Waals surface area contributed by atoms with Crippen molar-refractivity contribution in [1.29, 1.82) is 0 Å². The first-order valence-corrected chi connectivity index (χ1v) is 10.6. The lowest BCUT2D eigenvalue weighted by Crippen LogP contribution is -2.24. The Labute approximate surface area is 178 Å². The molecule has 0 aliphatic carbocycles. The molecule has 4 aromatic rings. The van der Waals surface area contributed by atoms with Crippen molar-refractivity contribution in [1.82, 2.24) is 15.2 Å². The van der Waals surface area contributed by atoms with Gasteiger partial charge in [0.05, 0.1) is 16.6 Å². The Balaban J connectivity index is 1.47. The van der Waals surface area contributed by atoms with Crippen molar-refractivity contribution in [2.75, 3.05) is 0 Å². The molecule has 4 rings (SSSR count). The number of hydrogen-bond acceptors (Lipinski definition) is 7. The van der Waals surface area contributed by atoms with Gasteiger partial charge >= 0.3 is 5.97 Å². The van der Waals surface area contributed by atoms with E-state index in [1.54, 1.807) is 11.3 Å². The van der Waals surface area contributed by atoms with Crippen LogP contribution < -0.4 is 0 Å². The Morgan fingerprint density at radius 3 is 2.47 bits per heavy atom. The highest BCUT2D eigenvalue weighted by molar-refractivity contribution is 7.18. The number of benzene rings is 2. The first-order valence-electron chi connectivity index (χ1n) is 9.75. The second-order valence-corrected chi connectivity index (χ2v) is 9.30. The molecule has 0 saturated carbocycles. The van der Waals surface area contributed by atoms with Crippen LogP contribution in [0.4, 0.5) is 0 Å². The lowest BCUT2D eigenvalue weighted by Gasteiger charge is -2.18. The third kappa shape index (κ3) is 4.91. The highest BCUT2D eigenvalue weighted by atomic mass is 32.1. The van der Waals surface area contributed by atoms with Crippen molar-refractivity contribution < 1.29 is 13.9 Å². The van der Waals surface area contributed by atoms with Crippen LogP contribution in [0.25, 0.3) is 21.3 Å². The third-order valence-electron chi connectivity index (χ3n) is 4.34. The average molecular weight is 422 g/mol. The molecule has 6 nitrogen and oxygen atoms in total. The molecule has 0 spiro atoms. The van der Waals surface area contributed by atoms with Crippen LogP contribution in [0.15, 0.2) is 46.9 Å². The summed E-state index contributed by atoms with van der Waals surface area (Å²) < 4.78 is 12.0. The van der Waals surface area contributed by atoms with Gasteiger partial charge in [-0.1, -0.05) is 35.9 Å². The summed E-state index contributed by atoms with van der Waals surface area (Å²) in [7, 11) is 0. The van der Waals surface area contributed by atoms with E-state index in [0.29, 0.717) is 12.3 Å². The normalized spacial score (nSPS) is 11.7. The molecule has 0 fully saturated rings. The molecule has 0 bridgehead atoms. The van der Waals surface area contributed by atoms with Gasteiger partial charge in [-0.15, -0.1) is 21.5 Å². The van der Waals surface area contributed by atoms with Gasteiger partial charge in [0.2, 0.25) is 11.8 Å². The maximum Gasteiger partial charge on any atom is 0.315 e. The van der Waals surface area contributed by atoms with Crippen LogP contribution in [0.3, 0.4) is 0 Å². The molecule has 7 heteroatoms. The van der Waals surface area contributed by atoms with E-state index in [9.17, 15) is 4.79 Å². The topological polar surface area (TPSA) is 78.1 Å². The quantitative estimate of drug-likeness (QED) is 0.416. The SMILES string of the molecule is Cc1ccc(-c2ccc3nc(Cc4nnc(CC(=O)OC(C)(C)C)o4)sc3c2)cc1. The van der Waals surface area contributed by atoms with Crippen molar-refractivity contribution >= 4 is 27.5 Å². The Bertz CT molecular complexity index is 1190. The van der Waals surface area contributed by atoms with Crippen molar-refractivity contribution in [3.05, 3.63) is 64.8 Å². The smallest absolute Gasteiger partial charge is 0.315 e. The van der Waals surface area contributed by atoms with Crippen LogP contribution >= 0.6 is 11.3 Å². The average Bonchev–Trinajstić information content (AvgIpc) is 3.26. The van der Waals surface area contributed by atoms with Gasteiger partial charge in [-0.3, -0.25) is 4.79 Å². The maximum absolute atomic E-state index is 11.9.